The molecule has 5 heteroatoms. The lowest BCUT2D eigenvalue weighted by atomic mass is 9.95. The van der Waals surface area contributed by atoms with E-state index in [4.69, 9.17) is 0 Å². The van der Waals surface area contributed by atoms with Crippen LogP contribution in [-0.4, -0.2) is 32.7 Å². The summed E-state index contributed by atoms with van der Waals surface area (Å²) in [4.78, 5) is 13.0. The highest BCUT2D eigenvalue weighted by atomic mass is 16.3. The quantitative estimate of drug-likeness (QED) is 0.839. The van der Waals surface area contributed by atoms with Crippen molar-refractivity contribution in [1.82, 2.24) is 15.0 Å². The van der Waals surface area contributed by atoms with Crippen LogP contribution in [-0.2, 0) is 0 Å². The van der Waals surface area contributed by atoms with Crippen LogP contribution >= 0.6 is 0 Å². The van der Waals surface area contributed by atoms with Gasteiger partial charge in [-0.05, 0) is 25.0 Å². The summed E-state index contributed by atoms with van der Waals surface area (Å²) in [7, 11) is 0. The molecular formula is C15H20N4O. The van der Waals surface area contributed by atoms with Crippen LogP contribution < -0.4 is 5.32 Å². The van der Waals surface area contributed by atoms with Crippen LogP contribution in [0.25, 0.3) is 11.2 Å². The lowest BCUT2D eigenvalue weighted by molar-refractivity contribution is 0.203. The molecule has 0 aliphatic heterocycles. The number of pyridine rings is 1. The first-order valence-corrected chi connectivity index (χ1v) is 7.32. The molecule has 106 valence electrons. The molecule has 1 aliphatic carbocycles. The highest BCUT2D eigenvalue weighted by Gasteiger charge is 2.23. The Morgan fingerprint density at radius 2 is 1.95 bits per heavy atom. The van der Waals surface area contributed by atoms with Gasteiger partial charge in [-0.2, -0.15) is 0 Å². The number of nitrogens with zero attached hydrogens (tertiary/aromatic N) is 3. The van der Waals surface area contributed by atoms with Gasteiger partial charge in [0.1, 0.15) is 11.3 Å². The Kier molecular flexibility index (Phi) is 4.06. The van der Waals surface area contributed by atoms with E-state index in [9.17, 15) is 5.11 Å². The summed E-state index contributed by atoms with van der Waals surface area (Å²) in [5.41, 5.74) is 1.46. The molecular weight excluding hydrogens is 252 g/mol. The fraction of sp³-hybridized carbons (Fsp3) is 0.533. The highest BCUT2D eigenvalue weighted by molar-refractivity contribution is 5.71. The predicted octanol–water partition coefficient (Wildman–Crippen LogP) is 2.38. The van der Waals surface area contributed by atoms with Crippen molar-refractivity contribution in [3.63, 3.8) is 0 Å². The molecule has 0 aromatic carbocycles. The summed E-state index contributed by atoms with van der Waals surface area (Å²) in [6, 6.07) is 4.17. The van der Waals surface area contributed by atoms with Crippen molar-refractivity contribution in [2.45, 2.75) is 38.1 Å². The third-order valence-corrected chi connectivity index (χ3v) is 4.06. The normalized spacial score (nSPS) is 23.4. The molecule has 2 N–H and O–H groups in total. The molecule has 3 rings (SSSR count). The topological polar surface area (TPSA) is 70.9 Å². The molecule has 1 saturated carbocycles. The monoisotopic (exact) mass is 272 g/mol. The molecule has 2 heterocycles. The van der Waals surface area contributed by atoms with E-state index in [1.165, 1.54) is 19.3 Å². The number of aliphatic hydroxyl groups excluding tert-OH is 1. The van der Waals surface area contributed by atoms with Gasteiger partial charge in [0.25, 0.3) is 0 Å². The summed E-state index contributed by atoms with van der Waals surface area (Å²) in [5, 5.41) is 13.0. The fourth-order valence-corrected chi connectivity index (χ4v) is 2.92. The van der Waals surface area contributed by atoms with Crippen molar-refractivity contribution in [3.05, 3.63) is 24.5 Å². The van der Waals surface area contributed by atoms with Gasteiger partial charge in [-0.3, -0.25) is 4.98 Å². The Balaban J connectivity index is 1.80. The first kappa shape index (κ1) is 13.2. The average molecular weight is 272 g/mol. The molecule has 1 aliphatic rings. The summed E-state index contributed by atoms with van der Waals surface area (Å²) in [6.45, 7) is 0.241. The van der Waals surface area contributed by atoms with Crippen molar-refractivity contribution in [2.24, 2.45) is 5.92 Å². The first-order chi connectivity index (χ1) is 9.86. The van der Waals surface area contributed by atoms with Crippen LogP contribution in [0.15, 0.2) is 24.5 Å². The van der Waals surface area contributed by atoms with Gasteiger partial charge in [0.2, 0.25) is 0 Å². The second-order valence-electron chi connectivity index (χ2n) is 5.43. The van der Waals surface area contributed by atoms with E-state index in [1.807, 2.05) is 12.1 Å². The van der Waals surface area contributed by atoms with Gasteiger partial charge in [-0.1, -0.05) is 19.3 Å². The fourth-order valence-electron chi connectivity index (χ4n) is 2.92. The number of hydrogen-bond acceptors (Lipinski definition) is 5. The zero-order valence-electron chi connectivity index (χ0n) is 11.5. The van der Waals surface area contributed by atoms with Crippen LogP contribution in [0, 0.1) is 5.92 Å². The number of aromatic nitrogens is 3. The third-order valence-electron chi connectivity index (χ3n) is 4.06. The van der Waals surface area contributed by atoms with Crippen molar-refractivity contribution < 1.29 is 5.11 Å². The van der Waals surface area contributed by atoms with Gasteiger partial charge in [-0.15, -0.1) is 0 Å². The molecule has 2 atom stereocenters. The van der Waals surface area contributed by atoms with E-state index in [0.717, 1.165) is 24.2 Å². The maximum atomic E-state index is 9.55. The second-order valence-corrected chi connectivity index (χ2v) is 5.43. The Labute approximate surface area is 118 Å². The summed E-state index contributed by atoms with van der Waals surface area (Å²) in [5.74, 6) is 1.14. The zero-order chi connectivity index (χ0) is 13.8. The molecule has 0 spiro atoms. The Bertz CT molecular complexity index is 575. The largest absolute Gasteiger partial charge is 0.396 e. The van der Waals surface area contributed by atoms with E-state index < -0.39 is 0 Å². The second kappa shape index (κ2) is 6.13. The van der Waals surface area contributed by atoms with E-state index in [1.54, 1.807) is 12.4 Å². The van der Waals surface area contributed by atoms with E-state index in [0.29, 0.717) is 17.6 Å². The summed E-state index contributed by atoms with van der Waals surface area (Å²) < 4.78 is 0. The number of fused-ring (bicyclic) bond motifs is 1. The van der Waals surface area contributed by atoms with Gasteiger partial charge in [0, 0.05) is 31.0 Å². The van der Waals surface area contributed by atoms with Crippen molar-refractivity contribution in [2.75, 3.05) is 11.9 Å². The number of rotatable bonds is 3. The maximum Gasteiger partial charge on any atom is 0.180 e. The Hall–Kier alpha value is -1.75. The van der Waals surface area contributed by atoms with Gasteiger partial charge in [0.15, 0.2) is 5.65 Å². The smallest absolute Gasteiger partial charge is 0.180 e. The standard InChI is InChI=1S/C15H20N4O/c20-10-11-4-2-1-3-5-12(11)18-14-7-6-13-15(19-14)17-9-8-16-13/h6-9,11-12,20H,1-5,10H2,(H,17,18,19). The molecule has 2 aromatic heterocycles. The van der Waals surface area contributed by atoms with E-state index in [2.05, 4.69) is 20.3 Å². The number of hydrogen-bond donors (Lipinski definition) is 2. The van der Waals surface area contributed by atoms with Crippen LogP contribution in [0.1, 0.15) is 32.1 Å². The van der Waals surface area contributed by atoms with Gasteiger partial charge in [-0.25, -0.2) is 9.97 Å². The maximum absolute atomic E-state index is 9.55. The molecule has 0 bridgehead atoms. The lowest BCUT2D eigenvalue weighted by Gasteiger charge is -2.25. The SMILES string of the molecule is OCC1CCCCCC1Nc1ccc2nccnc2n1. The van der Waals surface area contributed by atoms with Gasteiger partial charge >= 0.3 is 0 Å². The van der Waals surface area contributed by atoms with Crippen LogP contribution in [0.5, 0.6) is 0 Å². The molecule has 1 fully saturated rings. The van der Waals surface area contributed by atoms with Gasteiger partial charge < -0.3 is 10.4 Å². The number of aliphatic hydroxyl groups is 1. The Morgan fingerprint density at radius 1 is 1.10 bits per heavy atom. The highest BCUT2D eigenvalue weighted by Crippen LogP contribution is 2.25. The minimum Gasteiger partial charge on any atom is -0.396 e. The van der Waals surface area contributed by atoms with Crippen molar-refractivity contribution >= 4 is 17.0 Å². The molecule has 2 unspecified atom stereocenters. The third kappa shape index (κ3) is 2.88. The minimum atomic E-state index is 0.241. The van der Waals surface area contributed by atoms with Crippen LogP contribution in [0.2, 0.25) is 0 Å². The molecule has 0 radical (unpaired) electrons. The van der Waals surface area contributed by atoms with Crippen molar-refractivity contribution in [1.29, 1.82) is 0 Å². The molecule has 5 nitrogen and oxygen atoms in total. The molecule has 0 amide bonds. The number of anilines is 1. The average Bonchev–Trinajstić information content (AvgIpc) is 2.72. The van der Waals surface area contributed by atoms with Crippen molar-refractivity contribution in [3.8, 4) is 0 Å². The zero-order valence-corrected chi connectivity index (χ0v) is 11.5. The first-order valence-electron chi connectivity index (χ1n) is 7.32. The van der Waals surface area contributed by atoms with Crippen LogP contribution in [0.4, 0.5) is 5.82 Å². The molecule has 20 heavy (non-hydrogen) atoms. The van der Waals surface area contributed by atoms with E-state index in [-0.39, 0.29) is 6.61 Å². The summed E-state index contributed by atoms with van der Waals surface area (Å²) >= 11 is 0. The lowest BCUT2D eigenvalue weighted by Crippen LogP contribution is -2.30. The molecule has 0 saturated heterocycles. The Morgan fingerprint density at radius 3 is 2.85 bits per heavy atom. The number of nitrogens with one attached hydrogen (secondary N) is 1. The predicted molar refractivity (Wildman–Crippen MR) is 78.4 cm³/mol. The molecule has 2 aromatic rings. The van der Waals surface area contributed by atoms with Crippen LogP contribution in [0.3, 0.4) is 0 Å². The van der Waals surface area contributed by atoms with E-state index >= 15 is 0 Å². The van der Waals surface area contributed by atoms with Gasteiger partial charge in [0.05, 0.1) is 0 Å². The summed E-state index contributed by atoms with van der Waals surface area (Å²) in [6.07, 6.45) is 9.17. The minimum absolute atomic E-state index is 0.241.